The molecular formula is C21H18ClN3O2. The molecule has 0 saturated heterocycles. The van der Waals surface area contributed by atoms with Crippen molar-refractivity contribution in [2.24, 2.45) is 0 Å². The van der Waals surface area contributed by atoms with Crippen LogP contribution < -0.4 is 16.4 Å². The van der Waals surface area contributed by atoms with Gasteiger partial charge in [0.15, 0.2) is 0 Å². The fourth-order valence-corrected chi connectivity index (χ4v) is 2.72. The molecule has 0 saturated carbocycles. The van der Waals surface area contributed by atoms with Crippen LogP contribution in [-0.4, -0.2) is 11.8 Å². The van der Waals surface area contributed by atoms with Crippen molar-refractivity contribution in [2.75, 3.05) is 16.4 Å². The Bertz CT molecular complexity index is 971. The van der Waals surface area contributed by atoms with Crippen molar-refractivity contribution in [3.63, 3.8) is 0 Å². The van der Waals surface area contributed by atoms with Gasteiger partial charge in [-0.05, 0) is 54.1 Å². The molecule has 0 unspecified atom stereocenters. The van der Waals surface area contributed by atoms with Gasteiger partial charge in [-0.25, -0.2) is 0 Å². The van der Waals surface area contributed by atoms with E-state index in [1.54, 1.807) is 60.7 Å². The van der Waals surface area contributed by atoms with Gasteiger partial charge in [0.2, 0.25) is 5.91 Å². The first-order chi connectivity index (χ1) is 13.0. The number of nitrogens with one attached hydrogen (secondary N) is 2. The van der Waals surface area contributed by atoms with Gasteiger partial charge < -0.3 is 16.4 Å². The number of carbonyl (C=O) groups excluding carboxylic acids is 2. The molecule has 0 aliphatic heterocycles. The third-order valence-electron chi connectivity index (χ3n) is 3.84. The first kappa shape index (κ1) is 18.5. The summed E-state index contributed by atoms with van der Waals surface area (Å²) < 4.78 is 0. The SMILES string of the molecule is Nc1ccc(CC(=O)Nc2cccc(C(=O)Nc3cccc(Cl)c3)c2)cc1. The molecule has 3 aromatic rings. The Balaban J connectivity index is 1.65. The number of rotatable bonds is 5. The highest BCUT2D eigenvalue weighted by Gasteiger charge is 2.09. The minimum Gasteiger partial charge on any atom is -0.399 e. The molecule has 3 rings (SSSR count). The van der Waals surface area contributed by atoms with Gasteiger partial charge in [-0.1, -0.05) is 35.9 Å². The van der Waals surface area contributed by atoms with Gasteiger partial charge in [0, 0.05) is 27.6 Å². The molecule has 136 valence electrons. The molecule has 0 radical (unpaired) electrons. The Morgan fingerprint density at radius 3 is 2.22 bits per heavy atom. The zero-order chi connectivity index (χ0) is 19.2. The van der Waals surface area contributed by atoms with Crippen molar-refractivity contribution in [3.05, 3.63) is 88.9 Å². The van der Waals surface area contributed by atoms with E-state index in [0.717, 1.165) is 5.56 Å². The predicted octanol–water partition coefficient (Wildman–Crippen LogP) is 4.36. The van der Waals surface area contributed by atoms with Crippen LogP contribution >= 0.6 is 11.6 Å². The molecule has 0 aromatic heterocycles. The van der Waals surface area contributed by atoms with Crippen LogP contribution in [-0.2, 0) is 11.2 Å². The van der Waals surface area contributed by atoms with Crippen LogP contribution in [0.3, 0.4) is 0 Å². The van der Waals surface area contributed by atoms with E-state index in [4.69, 9.17) is 17.3 Å². The maximum Gasteiger partial charge on any atom is 0.255 e. The number of hydrogen-bond acceptors (Lipinski definition) is 3. The summed E-state index contributed by atoms with van der Waals surface area (Å²) in [5.41, 5.74) is 8.74. The highest BCUT2D eigenvalue weighted by Crippen LogP contribution is 2.17. The molecule has 0 fully saturated rings. The lowest BCUT2D eigenvalue weighted by molar-refractivity contribution is -0.115. The van der Waals surface area contributed by atoms with Gasteiger partial charge in [-0.2, -0.15) is 0 Å². The van der Waals surface area contributed by atoms with Crippen LogP contribution in [0.1, 0.15) is 15.9 Å². The number of hydrogen-bond donors (Lipinski definition) is 3. The van der Waals surface area contributed by atoms with Gasteiger partial charge in [0.1, 0.15) is 0 Å². The zero-order valence-electron chi connectivity index (χ0n) is 14.4. The van der Waals surface area contributed by atoms with Crippen molar-refractivity contribution in [1.29, 1.82) is 0 Å². The maximum absolute atomic E-state index is 12.4. The van der Waals surface area contributed by atoms with E-state index in [9.17, 15) is 9.59 Å². The molecule has 2 amide bonds. The van der Waals surface area contributed by atoms with E-state index in [-0.39, 0.29) is 18.2 Å². The Morgan fingerprint density at radius 1 is 0.852 bits per heavy atom. The fourth-order valence-electron chi connectivity index (χ4n) is 2.53. The second kappa shape index (κ2) is 8.38. The van der Waals surface area contributed by atoms with Crippen LogP contribution in [0.2, 0.25) is 5.02 Å². The van der Waals surface area contributed by atoms with Crippen molar-refractivity contribution in [2.45, 2.75) is 6.42 Å². The molecule has 0 spiro atoms. The number of nitrogens with two attached hydrogens (primary N) is 1. The highest BCUT2D eigenvalue weighted by molar-refractivity contribution is 6.31. The largest absolute Gasteiger partial charge is 0.399 e. The number of halogens is 1. The monoisotopic (exact) mass is 379 g/mol. The van der Waals surface area contributed by atoms with Gasteiger partial charge in [-0.15, -0.1) is 0 Å². The summed E-state index contributed by atoms with van der Waals surface area (Å²) in [6.07, 6.45) is 0.221. The van der Waals surface area contributed by atoms with Crippen molar-refractivity contribution < 1.29 is 9.59 Å². The van der Waals surface area contributed by atoms with E-state index in [2.05, 4.69) is 10.6 Å². The Hall–Kier alpha value is -3.31. The molecular weight excluding hydrogens is 362 g/mol. The Kier molecular flexibility index (Phi) is 5.74. The Labute approximate surface area is 162 Å². The molecule has 0 aliphatic carbocycles. The van der Waals surface area contributed by atoms with Crippen LogP contribution in [0.5, 0.6) is 0 Å². The van der Waals surface area contributed by atoms with E-state index in [0.29, 0.717) is 27.6 Å². The van der Waals surface area contributed by atoms with Crippen LogP contribution in [0.15, 0.2) is 72.8 Å². The summed E-state index contributed by atoms with van der Waals surface area (Å²) in [7, 11) is 0. The molecule has 6 heteroatoms. The number of carbonyl (C=O) groups is 2. The lowest BCUT2D eigenvalue weighted by Crippen LogP contribution is -2.16. The average Bonchev–Trinajstić information content (AvgIpc) is 2.64. The highest BCUT2D eigenvalue weighted by atomic mass is 35.5. The van der Waals surface area contributed by atoms with Crippen LogP contribution in [0, 0.1) is 0 Å². The fraction of sp³-hybridized carbons (Fsp3) is 0.0476. The van der Waals surface area contributed by atoms with E-state index < -0.39 is 0 Å². The summed E-state index contributed by atoms with van der Waals surface area (Å²) in [5.74, 6) is -0.459. The average molecular weight is 380 g/mol. The summed E-state index contributed by atoms with van der Waals surface area (Å²) >= 11 is 5.93. The van der Waals surface area contributed by atoms with Gasteiger partial charge >= 0.3 is 0 Å². The number of benzene rings is 3. The normalized spacial score (nSPS) is 10.3. The molecule has 3 aromatic carbocycles. The van der Waals surface area contributed by atoms with E-state index in [1.165, 1.54) is 0 Å². The standard InChI is InChI=1S/C21H18ClN3O2/c22-16-4-2-6-19(13-16)25-21(27)15-3-1-5-18(12-15)24-20(26)11-14-7-9-17(23)10-8-14/h1-10,12-13H,11,23H2,(H,24,26)(H,25,27). The van der Waals surface area contributed by atoms with Gasteiger partial charge in [0.25, 0.3) is 5.91 Å². The lowest BCUT2D eigenvalue weighted by Gasteiger charge is -2.09. The maximum atomic E-state index is 12.4. The molecule has 0 heterocycles. The molecule has 0 atom stereocenters. The van der Waals surface area contributed by atoms with E-state index >= 15 is 0 Å². The summed E-state index contributed by atoms with van der Waals surface area (Å²) in [6, 6.07) is 20.8. The smallest absolute Gasteiger partial charge is 0.255 e. The molecule has 0 aliphatic rings. The zero-order valence-corrected chi connectivity index (χ0v) is 15.2. The second-order valence-electron chi connectivity index (χ2n) is 6.01. The number of anilines is 3. The quantitative estimate of drug-likeness (QED) is 0.576. The first-order valence-electron chi connectivity index (χ1n) is 8.31. The predicted molar refractivity (Wildman–Crippen MR) is 109 cm³/mol. The van der Waals surface area contributed by atoms with Crippen molar-refractivity contribution >= 4 is 40.5 Å². The topological polar surface area (TPSA) is 84.2 Å². The van der Waals surface area contributed by atoms with Gasteiger partial charge in [-0.3, -0.25) is 9.59 Å². The molecule has 4 N–H and O–H groups in total. The Morgan fingerprint density at radius 2 is 1.52 bits per heavy atom. The summed E-state index contributed by atoms with van der Waals surface area (Å²) in [6.45, 7) is 0. The van der Waals surface area contributed by atoms with E-state index in [1.807, 2.05) is 12.1 Å². The molecule has 5 nitrogen and oxygen atoms in total. The summed E-state index contributed by atoms with van der Waals surface area (Å²) in [4.78, 5) is 24.6. The minimum absolute atomic E-state index is 0.174. The van der Waals surface area contributed by atoms with Crippen LogP contribution in [0.25, 0.3) is 0 Å². The summed E-state index contributed by atoms with van der Waals surface area (Å²) in [5, 5.41) is 6.12. The second-order valence-corrected chi connectivity index (χ2v) is 6.45. The van der Waals surface area contributed by atoms with Gasteiger partial charge in [0.05, 0.1) is 6.42 Å². The lowest BCUT2D eigenvalue weighted by atomic mass is 10.1. The van der Waals surface area contributed by atoms with Crippen molar-refractivity contribution in [3.8, 4) is 0 Å². The minimum atomic E-state index is -0.285. The third-order valence-corrected chi connectivity index (χ3v) is 4.07. The first-order valence-corrected chi connectivity index (χ1v) is 8.69. The van der Waals surface area contributed by atoms with Crippen molar-refractivity contribution in [1.82, 2.24) is 0 Å². The van der Waals surface area contributed by atoms with Crippen LogP contribution in [0.4, 0.5) is 17.1 Å². The number of amides is 2. The number of nitrogen functional groups attached to an aromatic ring is 1. The third kappa shape index (κ3) is 5.33. The molecule has 0 bridgehead atoms. The molecule has 27 heavy (non-hydrogen) atoms.